The van der Waals surface area contributed by atoms with Gasteiger partial charge < -0.3 is 10.3 Å². The molecule has 0 aliphatic heterocycles. The Morgan fingerprint density at radius 2 is 2.15 bits per heavy atom. The van der Waals surface area contributed by atoms with Gasteiger partial charge >= 0.3 is 0 Å². The number of nitrogens with zero attached hydrogens (tertiary/aromatic N) is 1. The lowest BCUT2D eigenvalue weighted by Crippen LogP contribution is -2.02. The molecule has 2 rings (SSSR count). The van der Waals surface area contributed by atoms with Crippen LogP contribution in [-0.4, -0.2) is 5.16 Å². The lowest BCUT2D eigenvalue weighted by atomic mass is 10.0. The smallest absolute Gasteiger partial charge is 0.144 e. The zero-order valence-electron chi connectivity index (χ0n) is 8.05. The fourth-order valence-corrected chi connectivity index (χ4v) is 2.16. The normalized spacial score (nSPS) is 18.3. The van der Waals surface area contributed by atoms with E-state index in [0.29, 0.717) is 12.5 Å². The van der Waals surface area contributed by atoms with Crippen LogP contribution in [0.5, 0.6) is 0 Å². The van der Waals surface area contributed by atoms with E-state index >= 15 is 0 Å². The molecule has 0 radical (unpaired) electrons. The van der Waals surface area contributed by atoms with E-state index < -0.39 is 0 Å². The molecular formula is C10H16N2O. The third-order valence-corrected chi connectivity index (χ3v) is 2.95. The minimum atomic E-state index is 0.557. The number of hydrogen-bond acceptors (Lipinski definition) is 3. The maximum absolute atomic E-state index is 5.66. The predicted octanol–water partition coefficient (Wildman–Crippen LogP) is 2.10. The van der Waals surface area contributed by atoms with E-state index in [1.54, 1.807) is 0 Å². The second kappa shape index (κ2) is 3.50. The molecule has 13 heavy (non-hydrogen) atoms. The van der Waals surface area contributed by atoms with Gasteiger partial charge in [-0.2, -0.15) is 0 Å². The van der Waals surface area contributed by atoms with E-state index in [4.69, 9.17) is 10.3 Å². The lowest BCUT2D eigenvalue weighted by Gasteiger charge is -2.05. The van der Waals surface area contributed by atoms with Gasteiger partial charge in [0.1, 0.15) is 5.76 Å². The summed E-state index contributed by atoms with van der Waals surface area (Å²) in [7, 11) is 0. The van der Waals surface area contributed by atoms with E-state index in [9.17, 15) is 0 Å². The molecule has 3 nitrogen and oxygen atoms in total. The number of nitrogens with two attached hydrogens (primary N) is 1. The quantitative estimate of drug-likeness (QED) is 0.758. The number of aryl methyl sites for hydroxylation is 1. The van der Waals surface area contributed by atoms with Gasteiger partial charge in [-0.3, -0.25) is 0 Å². The van der Waals surface area contributed by atoms with Gasteiger partial charge in [-0.1, -0.05) is 18.0 Å². The highest BCUT2D eigenvalue weighted by Gasteiger charge is 2.24. The lowest BCUT2D eigenvalue weighted by molar-refractivity contribution is 0.356. The van der Waals surface area contributed by atoms with Crippen molar-refractivity contribution < 1.29 is 4.52 Å². The third kappa shape index (κ3) is 1.48. The summed E-state index contributed by atoms with van der Waals surface area (Å²) >= 11 is 0. The highest BCUT2D eigenvalue weighted by Crippen LogP contribution is 2.36. The Balaban J connectivity index is 2.27. The van der Waals surface area contributed by atoms with E-state index in [1.165, 1.54) is 25.7 Å². The van der Waals surface area contributed by atoms with Crippen molar-refractivity contribution in [1.82, 2.24) is 5.16 Å². The summed E-state index contributed by atoms with van der Waals surface area (Å²) in [6.07, 6.45) is 5.10. The minimum absolute atomic E-state index is 0.557. The van der Waals surface area contributed by atoms with Crippen LogP contribution in [0.2, 0.25) is 0 Å². The molecule has 0 bridgehead atoms. The van der Waals surface area contributed by atoms with Crippen molar-refractivity contribution in [3.05, 3.63) is 17.0 Å². The maximum Gasteiger partial charge on any atom is 0.144 e. The Morgan fingerprint density at radius 3 is 2.77 bits per heavy atom. The van der Waals surface area contributed by atoms with Crippen LogP contribution in [-0.2, 0) is 6.54 Å². The fraction of sp³-hybridized carbons (Fsp3) is 0.700. The molecule has 0 saturated heterocycles. The monoisotopic (exact) mass is 180 g/mol. The van der Waals surface area contributed by atoms with E-state index in [-0.39, 0.29) is 0 Å². The van der Waals surface area contributed by atoms with Gasteiger partial charge in [0.15, 0.2) is 0 Å². The molecule has 1 aliphatic carbocycles. The molecule has 1 aromatic heterocycles. The molecule has 0 unspecified atom stereocenters. The van der Waals surface area contributed by atoms with Crippen LogP contribution in [0.3, 0.4) is 0 Å². The van der Waals surface area contributed by atoms with E-state index in [0.717, 1.165) is 17.0 Å². The molecular weight excluding hydrogens is 164 g/mol. The molecule has 1 saturated carbocycles. The van der Waals surface area contributed by atoms with Crippen molar-refractivity contribution in [2.45, 2.75) is 45.1 Å². The van der Waals surface area contributed by atoms with E-state index in [2.05, 4.69) is 5.16 Å². The molecule has 0 atom stereocenters. The molecule has 1 fully saturated rings. The Labute approximate surface area is 78.3 Å². The van der Waals surface area contributed by atoms with Crippen LogP contribution in [0.1, 0.15) is 48.6 Å². The van der Waals surface area contributed by atoms with Gasteiger partial charge in [0, 0.05) is 18.0 Å². The van der Waals surface area contributed by atoms with E-state index in [1.807, 2.05) is 6.92 Å². The molecule has 0 amide bonds. The molecule has 1 heterocycles. The van der Waals surface area contributed by atoms with Crippen LogP contribution in [0, 0.1) is 6.92 Å². The SMILES string of the molecule is Cc1noc(C2CCCC2)c1CN. The van der Waals surface area contributed by atoms with Crippen LogP contribution >= 0.6 is 0 Å². The first kappa shape index (κ1) is 8.75. The van der Waals surface area contributed by atoms with Crippen molar-refractivity contribution >= 4 is 0 Å². The predicted molar refractivity (Wildman–Crippen MR) is 50.3 cm³/mol. The summed E-state index contributed by atoms with van der Waals surface area (Å²) in [5.74, 6) is 1.64. The van der Waals surface area contributed by atoms with Crippen LogP contribution in [0.4, 0.5) is 0 Å². The molecule has 72 valence electrons. The fourth-order valence-electron chi connectivity index (χ4n) is 2.16. The van der Waals surface area contributed by atoms with Crippen molar-refractivity contribution in [2.24, 2.45) is 5.73 Å². The van der Waals surface area contributed by atoms with Crippen LogP contribution < -0.4 is 5.73 Å². The summed E-state index contributed by atoms with van der Waals surface area (Å²) in [6, 6.07) is 0. The molecule has 2 N–H and O–H groups in total. The first-order valence-corrected chi connectivity index (χ1v) is 4.98. The summed E-state index contributed by atoms with van der Waals surface area (Å²) in [4.78, 5) is 0. The number of hydrogen-bond donors (Lipinski definition) is 1. The van der Waals surface area contributed by atoms with Crippen molar-refractivity contribution in [3.8, 4) is 0 Å². The molecule has 1 aliphatic rings. The average Bonchev–Trinajstić information content (AvgIpc) is 2.71. The minimum Gasteiger partial charge on any atom is -0.361 e. The van der Waals surface area contributed by atoms with Gasteiger partial charge in [-0.15, -0.1) is 0 Å². The molecule has 0 spiro atoms. The third-order valence-electron chi connectivity index (χ3n) is 2.95. The zero-order valence-corrected chi connectivity index (χ0v) is 8.05. The molecule has 1 aromatic rings. The summed E-state index contributed by atoms with van der Waals surface area (Å²) in [5.41, 5.74) is 7.76. The largest absolute Gasteiger partial charge is 0.361 e. The van der Waals surface area contributed by atoms with Crippen LogP contribution in [0.25, 0.3) is 0 Å². The van der Waals surface area contributed by atoms with Gasteiger partial charge in [0.25, 0.3) is 0 Å². The Bertz CT molecular complexity index is 287. The zero-order chi connectivity index (χ0) is 9.26. The second-order valence-corrected chi connectivity index (χ2v) is 3.80. The standard InChI is InChI=1S/C10H16N2O/c1-7-9(6-11)10(13-12-7)8-4-2-3-5-8/h8H,2-6,11H2,1H3. The van der Waals surface area contributed by atoms with Crippen LogP contribution in [0.15, 0.2) is 4.52 Å². The van der Waals surface area contributed by atoms with Crippen molar-refractivity contribution in [3.63, 3.8) is 0 Å². The first-order chi connectivity index (χ1) is 6.33. The van der Waals surface area contributed by atoms with Gasteiger partial charge in [-0.05, 0) is 19.8 Å². The summed E-state index contributed by atoms with van der Waals surface area (Å²) in [5, 5.41) is 3.98. The van der Waals surface area contributed by atoms with Crippen molar-refractivity contribution in [2.75, 3.05) is 0 Å². The highest BCUT2D eigenvalue weighted by atomic mass is 16.5. The highest BCUT2D eigenvalue weighted by molar-refractivity contribution is 5.25. The van der Waals surface area contributed by atoms with Gasteiger partial charge in [-0.25, -0.2) is 0 Å². The molecule has 3 heteroatoms. The maximum atomic E-state index is 5.66. The first-order valence-electron chi connectivity index (χ1n) is 4.98. The van der Waals surface area contributed by atoms with Gasteiger partial charge in [0.2, 0.25) is 0 Å². The topological polar surface area (TPSA) is 52.0 Å². The molecule has 0 aromatic carbocycles. The number of aromatic nitrogens is 1. The Hall–Kier alpha value is -0.830. The Morgan fingerprint density at radius 1 is 1.46 bits per heavy atom. The van der Waals surface area contributed by atoms with Crippen molar-refractivity contribution in [1.29, 1.82) is 0 Å². The summed E-state index contributed by atoms with van der Waals surface area (Å²) < 4.78 is 5.34. The second-order valence-electron chi connectivity index (χ2n) is 3.80. The number of rotatable bonds is 2. The van der Waals surface area contributed by atoms with Gasteiger partial charge in [0.05, 0.1) is 5.69 Å². The summed E-state index contributed by atoms with van der Waals surface area (Å²) in [6.45, 7) is 2.52. The Kier molecular flexibility index (Phi) is 2.36. The average molecular weight is 180 g/mol.